The van der Waals surface area contributed by atoms with Crippen molar-refractivity contribution in [3.05, 3.63) is 82.9 Å². The van der Waals surface area contributed by atoms with Crippen molar-refractivity contribution in [3.8, 4) is 22.3 Å². The van der Waals surface area contributed by atoms with Crippen LogP contribution < -0.4 is 0 Å². The van der Waals surface area contributed by atoms with E-state index >= 15 is 0 Å². The molecule has 110 valence electrons. The van der Waals surface area contributed by atoms with Gasteiger partial charge in [-0.15, -0.1) is 0 Å². The molecule has 3 rings (SSSR count). The van der Waals surface area contributed by atoms with Gasteiger partial charge < -0.3 is 0 Å². The summed E-state index contributed by atoms with van der Waals surface area (Å²) >= 11 is 0. The van der Waals surface area contributed by atoms with Crippen LogP contribution in [0.15, 0.2) is 60.7 Å². The maximum absolute atomic E-state index is 2.29. The van der Waals surface area contributed by atoms with Gasteiger partial charge in [-0.25, -0.2) is 0 Å². The maximum atomic E-state index is 2.29. The van der Waals surface area contributed by atoms with Gasteiger partial charge >= 0.3 is 0 Å². The highest BCUT2D eigenvalue weighted by molar-refractivity contribution is 5.84. The van der Waals surface area contributed by atoms with Gasteiger partial charge in [0.05, 0.1) is 0 Å². The molecule has 0 heterocycles. The molecule has 0 N–H and O–H groups in total. The maximum Gasteiger partial charge on any atom is -0.0105 e. The number of hydrogen-bond donors (Lipinski definition) is 0. The van der Waals surface area contributed by atoms with Crippen molar-refractivity contribution in [2.45, 2.75) is 27.7 Å². The lowest BCUT2D eigenvalue weighted by atomic mass is 9.92. The van der Waals surface area contributed by atoms with E-state index in [0.717, 1.165) is 0 Å². The van der Waals surface area contributed by atoms with Crippen LogP contribution in [0.4, 0.5) is 0 Å². The highest BCUT2D eigenvalue weighted by Crippen LogP contribution is 2.33. The van der Waals surface area contributed by atoms with Crippen LogP contribution in [0.5, 0.6) is 0 Å². The largest absolute Gasteiger partial charge is 0.0616 e. The molecule has 0 aliphatic rings. The predicted molar refractivity (Wildman–Crippen MR) is 96.3 cm³/mol. The average Bonchev–Trinajstić information content (AvgIpc) is 2.53. The fraction of sp³-hybridized carbons (Fsp3) is 0.182. The summed E-state index contributed by atoms with van der Waals surface area (Å²) < 4.78 is 0. The van der Waals surface area contributed by atoms with E-state index in [1.807, 2.05) is 0 Å². The summed E-state index contributed by atoms with van der Waals surface area (Å²) in [6.07, 6.45) is 0. The Hall–Kier alpha value is -2.34. The van der Waals surface area contributed by atoms with Crippen molar-refractivity contribution in [1.82, 2.24) is 0 Å². The smallest absolute Gasteiger partial charge is 0.0105 e. The van der Waals surface area contributed by atoms with Crippen molar-refractivity contribution < 1.29 is 0 Å². The van der Waals surface area contributed by atoms with Crippen molar-refractivity contribution in [2.24, 2.45) is 0 Å². The normalized spacial score (nSPS) is 10.7. The van der Waals surface area contributed by atoms with Crippen LogP contribution in [-0.2, 0) is 0 Å². The van der Waals surface area contributed by atoms with E-state index in [4.69, 9.17) is 0 Å². The Morgan fingerprint density at radius 2 is 0.864 bits per heavy atom. The molecule has 22 heavy (non-hydrogen) atoms. The first kappa shape index (κ1) is 14.6. The van der Waals surface area contributed by atoms with Gasteiger partial charge in [0.15, 0.2) is 0 Å². The van der Waals surface area contributed by atoms with Gasteiger partial charge in [-0.2, -0.15) is 0 Å². The van der Waals surface area contributed by atoms with E-state index in [9.17, 15) is 0 Å². The number of hydrogen-bond acceptors (Lipinski definition) is 0. The molecule has 0 saturated carbocycles. The minimum absolute atomic E-state index is 1.29. The zero-order valence-electron chi connectivity index (χ0n) is 13.8. The van der Waals surface area contributed by atoms with Gasteiger partial charge in [0.1, 0.15) is 0 Å². The standard InChI is InChI=1S/C22H22/c1-15-9-11-19(13-17(15)3)21-7-5-6-8-22(21)20-12-10-16(2)18(4)14-20/h5-14H,1-4H3. The molecule has 0 radical (unpaired) electrons. The van der Waals surface area contributed by atoms with Crippen LogP contribution in [0.1, 0.15) is 22.3 Å². The van der Waals surface area contributed by atoms with Crippen LogP contribution in [0, 0.1) is 27.7 Å². The van der Waals surface area contributed by atoms with E-state index in [1.165, 1.54) is 44.5 Å². The molecule has 0 aliphatic carbocycles. The van der Waals surface area contributed by atoms with Crippen LogP contribution in [0.2, 0.25) is 0 Å². The summed E-state index contributed by atoms with van der Waals surface area (Å²) in [5.74, 6) is 0. The first-order chi connectivity index (χ1) is 10.6. The van der Waals surface area contributed by atoms with Crippen molar-refractivity contribution in [2.75, 3.05) is 0 Å². The van der Waals surface area contributed by atoms with Crippen LogP contribution in [0.3, 0.4) is 0 Å². The van der Waals surface area contributed by atoms with E-state index in [1.54, 1.807) is 0 Å². The molecular weight excluding hydrogens is 264 g/mol. The Balaban J connectivity index is 2.17. The second-order valence-electron chi connectivity index (χ2n) is 6.14. The number of aryl methyl sites for hydroxylation is 4. The third kappa shape index (κ3) is 2.69. The molecule has 0 nitrogen and oxygen atoms in total. The molecule has 0 saturated heterocycles. The predicted octanol–water partition coefficient (Wildman–Crippen LogP) is 6.25. The minimum Gasteiger partial charge on any atom is -0.0616 e. The number of benzene rings is 3. The highest BCUT2D eigenvalue weighted by atomic mass is 14.1. The minimum atomic E-state index is 1.29. The summed E-state index contributed by atoms with van der Waals surface area (Å²) in [5, 5.41) is 0. The van der Waals surface area contributed by atoms with Crippen molar-refractivity contribution >= 4 is 0 Å². The molecule has 3 aromatic rings. The third-order valence-electron chi connectivity index (χ3n) is 4.56. The monoisotopic (exact) mass is 286 g/mol. The molecule has 0 aliphatic heterocycles. The highest BCUT2D eigenvalue weighted by Gasteiger charge is 2.08. The van der Waals surface area contributed by atoms with Crippen molar-refractivity contribution in [1.29, 1.82) is 0 Å². The van der Waals surface area contributed by atoms with Gasteiger partial charge in [-0.1, -0.05) is 60.7 Å². The fourth-order valence-corrected chi connectivity index (χ4v) is 2.80. The lowest BCUT2D eigenvalue weighted by Crippen LogP contribution is -1.89. The first-order valence-electron chi connectivity index (χ1n) is 7.80. The molecule has 0 bridgehead atoms. The Bertz CT molecular complexity index is 755. The topological polar surface area (TPSA) is 0 Å². The Morgan fingerprint density at radius 3 is 1.23 bits per heavy atom. The van der Waals surface area contributed by atoms with E-state index in [0.29, 0.717) is 0 Å². The Labute approximate surface area is 133 Å². The molecular formula is C22H22. The summed E-state index contributed by atoms with van der Waals surface area (Å²) in [7, 11) is 0. The molecule has 0 spiro atoms. The van der Waals surface area contributed by atoms with E-state index in [2.05, 4.69) is 88.4 Å². The van der Waals surface area contributed by atoms with Crippen LogP contribution in [-0.4, -0.2) is 0 Å². The Morgan fingerprint density at radius 1 is 0.455 bits per heavy atom. The van der Waals surface area contributed by atoms with E-state index in [-0.39, 0.29) is 0 Å². The fourth-order valence-electron chi connectivity index (χ4n) is 2.80. The molecule has 0 heteroatoms. The molecule has 0 unspecified atom stereocenters. The second-order valence-corrected chi connectivity index (χ2v) is 6.14. The zero-order valence-corrected chi connectivity index (χ0v) is 13.8. The van der Waals surface area contributed by atoms with Crippen LogP contribution in [0.25, 0.3) is 22.3 Å². The molecule has 0 amide bonds. The Kier molecular flexibility index (Phi) is 3.85. The van der Waals surface area contributed by atoms with Gasteiger partial charge in [-0.3, -0.25) is 0 Å². The summed E-state index contributed by atoms with van der Waals surface area (Å²) in [4.78, 5) is 0. The SMILES string of the molecule is Cc1ccc(-c2ccccc2-c2ccc(C)c(C)c2)cc1C. The molecule has 3 aromatic carbocycles. The lowest BCUT2D eigenvalue weighted by Gasteiger charge is -2.13. The summed E-state index contributed by atoms with van der Waals surface area (Å²) in [5.41, 5.74) is 10.5. The quantitative estimate of drug-likeness (QED) is 0.522. The lowest BCUT2D eigenvalue weighted by molar-refractivity contribution is 1.33. The molecule has 0 aromatic heterocycles. The number of rotatable bonds is 2. The van der Waals surface area contributed by atoms with Gasteiger partial charge in [0.25, 0.3) is 0 Å². The van der Waals surface area contributed by atoms with Gasteiger partial charge in [-0.05, 0) is 72.2 Å². The zero-order chi connectivity index (χ0) is 15.7. The first-order valence-corrected chi connectivity index (χ1v) is 7.80. The molecule has 0 atom stereocenters. The van der Waals surface area contributed by atoms with E-state index < -0.39 is 0 Å². The van der Waals surface area contributed by atoms with Crippen molar-refractivity contribution in [3.63, 3.8) is 0 Å². The molecule has 0 fully saturated rings. The van der Waals surface area contributed by atoms with Gasteiger partial charge in [0.2, 0.25) is 0 Å². The summed E-state index contributed by atoms with van der Waals surface area (Å²) in [6, 6.07) is 22.1. The third-order valence-corrected chi connectivity index (χ3v) is 4.56. The van der Waals surface area contributed by atoms with Gasteiger partial charge in [0, 0.05) is 0 Å². The second kappa shape index (κ2) is 5.81. The summed E-state index contributed by atoms with van der Waals surface area (Å²) in [6.45, 7) is 8.68. The van der Waals surface area contributed by atoms with Crippen LogP contribution >= 0.6 is 0 Å². The average molecular weight is 286 g/mol.